The van der Waals surface area contributed by atoms with E-state index in [4.69, 9.17) is 0 Å². The van der Waals surface area contributed by atoms with E-state index in [1.54, 1.807) is 0 Å². The Balaban J connectivity index is 1.59. The van der Waals surface area contributed by atoms with Crippen LogP contribution in [-0.4, -0.2) is 36.3 Å². The maximum absolute atomic E-state index is 13.2. The molecule has 1 saturated heterocycles. The third kappa shape index (κ3) is 3.97. The molecule has 30 heavy (non-hydrogen) atoms. The van der Waals surface area contributed by atoms with Crippen molar-refractivity contribution in [3.63, 3.8) is 0 Å². The Bertz CT molecular complexity index is 1280. The number of hydrogen-bond acceptors (Lipinski definition) is 4. The van der Waals surface area contributed by atoms with E-state index in [2.05, 4.69) is 11.1 Å². The zero-order valence-electron chi connectivity index (χ0n) is 16.7. The number of amides is 1. The lowest BCUT2D eigenvalue weighted by molar-refractivity contribution is -0.122. The highest BCUT2D eigenvalue weighted by Gasteiger charge is 2.33. The highest BCUT2D eigenvalue weighted by molar-refractivity contribution is 7.89. The van der Waals surface area contributed by atoms with Gasteiger partial charge in [-0.2, -0.15) is 9.30 Å². The number of halogens is 1. The van der Waals surface area contributed by atoms with E-state index in [9.17, 15) is 17.6 Å². The molecule has 1 fully saturated rings. The number of carbonyl (C=O) groups is 1. The van der Waals surface area contributed by atoms with Crippen LogP contribution in [-0.2, 0) is 21.9 Å². The molecule has 9 heteroatoms. The molecule has 0 bridgehead atoms. The summed E-state index contributed by atoms with van der Waals surface area (Å²) in [6.45, 7) is 2.43. The summed E-state index contributed by atoms with van der Waals surface area (Å²) in [5, 5.41) is 0. The van der Waals surface area contributed by atoms with Crippen molar-refractivity contribution in [3.8, 4) is 0 Å². The fourth-order valence-electron chi connectivity index (χ4n) is 3.65. The number of rotatable bonds is 3. The molecule has 1 unspecified atom stereocenters. The Morgan fingerprint density at radius 2 is 1.93 bits per heavy atom. The van der Waals surface area contributed by atoms with E-state index in [1.165, 1.54) is 27.8 Å². The minimum Gasteiger partial charge on any atom is -0.319 e. The minimum absolute atomic E-state index is 0.0280. The third-order valence-electron chi connectivity index (χ3n) is 5.36. The van der Waals surface area contributed by atoms with Crippen molar-refractivity contribution in [1.82, 2.24) is 8.87 Å². The summed E-state index contributed by atoms with van der Waals surface area (Å²) in [6, 6.07) is 10.8. The number of benzene rings is 2. The van der Waals surface area contributed by atoms with Gasteiger partial charge in [-0.15, -0.1) is 0 Å². The summed E-state index contributed by atoms with van der Waals surface area (Å²) in [5.74, 6) is -1.31. The molecule has 0 N–H and O–H groups in total. The minimum atomic E-state index is -3.78. The van der Waals surface area contributed by atoms with Gasteiger partial charge in [0.25, 0.3) is 5.91 Å². The van der Waals surface area contributed by atoms with Gasteiger partial charge in [0, 0.05) is 20.1 Å². The molecule has 3 aromatic rings. The molecule has 2 heterocycles. The predicted octanol–water partition coefficient (Wildman–Crippen LogP) is 3.22. The fourth-order valence-corrected chi connectivity index (χ4v) is 6.30. The predicted molar refractivity (Wildman–Crippen MR) is 114 cm³/mol. The first kappa shape index (κ1) is 20.9. The summed E-state index contributed by atoms with van der Waals surface area (Å²) in [7, 11) is -1.91. The number of nitrogens with zero attached hydrogens (tertiary/aromatic N) is 3. The van der Waals surface area contributed by atoms with Crippen LogP contribution in [0.3, 0.4) is 0 Å². The van der Waals surface area contributed by atoms with Gasteiger partial charge in [0.1, 0.15) is 5.82 Å². The lowest BCUT2D eigenvalue weighted by Crippen LogP contribution is -2.42. The number of thiazole rings is 1. The van der Waals surface area contributed by atoms with E-state index in [-0.39, 0.29) is 17.3 Å². The van der Waals surface area contributed by atoms with Gasteiger partial charge in [-0.05, 0) is 61.7 Å². The molecule has 0 aliphatic carbocycles. The van der Waals surface area contributed by atoms with E-state index in [0.717, 1.165) is 27.9 Å². The molecule has 1 aliphatic heterocycles. The smallest absolute Gasteiger partial charge is 0.252 e. The molecule has 0 saturated carbocycles. The van der Waals surface area contributed by atoms with Crippen molar-refractivity contribution in [1.29, 1.82) is 0 Å². The summed E-state index contributed by atoms with van der Waals surface area (Å²) in [5.41, 5.74) is 2.14. The van der Waals surface area contributed by atoms with Crippen LogP contribution in [0.4, 0.5) is 4.39 Å². The van der Waals surface area contributed by atoms with Gasteiger partial charge in [-0.3, -0.25) is 4.79 Å². The zero-order chi connectivity index (χ0) is 21.5. The molecule has 1 aromatic heterocycles. The lowest BCUT2D eigenvalue weighted by Gasteiger charge is -2.30. The van der Waals surface area contributed by atoms with Crippen LogP contribution in [0.2, 0.25) is 0 Å². The average molecular weight is 448 g/mol. The molecule has 0 spiro atoms. The molecule has 1 amide bonds. The van der Waals surface area contributed by atoms with Crippen LogP contribution in [0.5, 0.6) is 0 Å². The van der Waals surface area contributed by atoms with E-state index >= 15 is 0 Å². The first-order valence-corrected chi connectivity index (χ1v) is 11.9. The second-order valence-electron chi connectivity index (χ2n) is 7.52. The number of hydrogen-bond donors (Lipinski definition) is 0. The van der Waals surface area contributed by atoms with Crippen molar-refractivity contribution >= 4 is 37.5 Å². The van der Waals surface area contributed by atoms with Crippen LogP contribution >= 0.6 is 11.3 Å². The molecule has 2 aromatic carbocycles. The Labute approximate surface area is 178 Å². The molecular formula is C21H22FN3O3S2. The maximum Gasteiger partial charge on any atom is 0.252 e. The molecule has 1 atom stereocenters. The number of piperidine rings is 1. The average Bonchev–Trinajstić information content (AvgIpc) is 3.03. The van der Waals surface area contributed by atoms with Crippen molar-refractivity contribution in [2.24, 2.45) is 18.0 Å². The molecule has 4 rings (SSSR count). The molecule has 158 valence electrons. The van der Waals surface area contributed by atoms with Gasteiger partial charge in [0.2, 0.25) is 10.0 Å². The number of fused-ring (bicyclic) bond motifs is 1. The topological polar surface area (TPSA) is 71.7 Å². The van der Waals surface area contributed by atoms with E-state index < -0.39 is 21.8 Å². The number of carbonyl (C=O) groups excluding carboxylic acids is 1. The third-order valence-corrected chi connectivity index (χ3v) is 8.33. The van der Waals surface area contributed by atoms with Crippen molar-refractivity contribution in [3.05, 3.63) is 58.6 Å². The summed E-state index contributed by atoms with van der Waals surface area (Å²) in [4.78, 5) is 17.8. The first-order valence-electron chi connectivity index (χ1n) is 9.66. The second-order valence-corrected chi connectivity index (χ2v) is 10.5. The summed E-state index contributed by atoms with van der Waals surface area (Å²) in [6.07, 6.45) is 1.16. The van der Waals surface area contributed by atoms with Crippen molar-refractivity contribution in [2.45, 2.75) is 24.7 Å². The van der Waals surface area contributed by atoms with Crippen LogP contribution in [0, 0.1) is 18.7 Å². The molecule has 1 aliphatic rings. The zero-order valence-corrected chi connectivity index (χ0v) is 18.3. The van der Waals surface area contributed by atoms with Crippen LogP contribution < -0.4 is 4.80 Å². The number of sulfonamides is 1. The lowest BCUT2D eigenvalue weighted by atomic mass is 9.99. The quantitative estimate of drug-likeness (QED) is 0.619. The SMILES string of the molecule is Cc1ccc2c(c1)sc(=NC(=O)C1CCCN(S(=O)(=O)c3ccc(F)cc3)C1)n2C. The Morgan fingerprint density at radius 1 is 1.20 bits per heavy atom. The van der Waals surface area contributed by atoms with Gasteiger partial charge in [-0.25, -0.2) is 12.8 Å². The number of aryl methyl sites for hydroxylation is 2. The molecule has 6 nitrogen and oxygen atoms in total. The Hall–Kier alpha value is -2.36. The van der Waals surface area contributed by atoms with Crippen LogP contribution in [0.1, 0.15) is 18.4 Å². The van der Waals surface area contributed by atoms with Gasteiger partial charge in [0.15, 0.2) is 4.80 Å². The summed E-state index contributed by atoms with van der Waals surface area (Å²) < 4.78 is 43.2. The normalized spacial score (nSPS) is 18.8. The van der Waals surface area contributed by atoms with Gasteiger partial charge in [0.05, 0.1) is 21.0 Å². The maximum atomic E-state index is 13.2. The van der Waals surface area contributed by atoms with E-state index in [1.807, 2.05) is 30.7 Å². The monoisotopic (exact) mass is 447 g/mol. The Morgan fingerprint density at radius 3 is 2.67 bits per heavy atom. The fraction of sp³-hybridized carbons (Fsp3) is 0.333. The highest BCUT2D eigenvalue weighted by atomic mass is 32.2. The van der Waals surface area contributed by atoms with Crippen molar-refractivity contribution < 1.29 is 17.6 Å². The van der Waals surface area contributed by atoms with Crippen LogP contribution in [0.25, 0.3) is 10.2 Å². The first-order chi connectivity index (χ1) is 14.3. The number of aromatic nitrogens is 1. The second kappa shape index (κ2) is 8.05. The van der Waals surface area contributed by atoms with E-state index in [0.29, 0.717) is 24.2 Å². The van der Waals surface area contributed by atoms with Gasteiger partial charge >= 0.3 is 0 Å². The standard InChI is InChI=1S/C21H22FN3O3S2/c1-14-5-10-18-19(12-14)29-21(24(18)2)23-20(26)15-4-3-11-25(13-15)30(27,28)17-8-6-16(22)7-9-17/h5-10,12,15H,3-4,11,13H2,1-2H3. The van der Waals surface area contributed by atoms with Crippen LogP contribution in [0.15, 0.2) is 52.4 Å². The van der Waals surface area contributed by atoms with Gasteiger partial charge in [-0.1, -0.05) is 17.4 Å². The summed E-state index contributed by atoms with van der Waals surface area (Å²) >= 11 is 1.44. The molecular weight excluding hydrogens is 425 g/mol. The van der Waals surface area contributed by atoms with Crippen molar-refractivity contribution in [2.75, 3.05) is 13.1 Å². The van der Waals surface area contributed by atoms with Gasteiger partial charge < -0.3 is 4.57 Å². The highest BCUT2D eigenvalue weighted by Crippen LogP contribution is 2.25. The Kier molecular flexibility index (Phi) is 5.61. The largest absolute Gasteiger partial charge is 0.319 e. The molecule has 0 radical (unpaired) electrons.